The first-order chi connectivity index (χ1) is 17.8. The first kappa shape index (κ1) is 29.3. The molecule has 3 aromatic rings. The lowest BCUT2D eigenvalue weighted by molar-refractivity contribution is -0.145. The molecule has 206 valence electrons. The molecule has 0 unspecified atom stereocenters. The van der Waals surface area contributed by atoms with E-state index in [1.807, 2.05) is 53.7 Å². The molecule has 0 spiro atoms. The minimum atomic E-state index is -0.279. The van der Waals surface area contributed by atoms with Crippen molar-refractivity contribution in [2.75, 3.05) is 44.7 Å². The first-order valence-corrected chi connectivity index (χ1v) is 12.8. The number of carbonyl (C=O) groups excluding carboxylic acids is 2. The van der Waals surface area contributed by atoms with Crippen LogP contribution in [0.1, 0.15) is 30.5 Å². The van der Waals surface area contributed by atoms with Gasteiger partial charge < -0.3 is 15.5 Å². The smallest absolute Gasteiger partial charge is 0.256 e. The van der Waals surface area contributed by atoms with Crippen molar-refractivity contribution in [3.8, 4) is 0 Å². The highest BCUT2D eigenvalue weighted by Gasteiger charge is 2.27. The number of fused-ring (bicyclic) bond motifs is 2. The molecule has 0 fully saturated rings. The molecule has 1 aliphatic heterocycles. The maximum Gasteiger partial charge on any atom is 0.256 e. The van der Waals surface area contributed by atoms with Gasteiger partial charge in [-0.25, -0.2) is 9.40 Å². The van der Waals surface area contributed by atoms with Crippen LogP contribution in [0.4, 0.5) is 10.1 Å². The van der Waals surface area contributed by atoms with Crippen molar-refractivity contribution in [3.63, 3.8) is 0 Å². The van der Waals surface area contributed by atoms with E-state index in [1.54, 1.807) is 18.1 Å². The summed E-state index contributed by atoms with van der Waals surface area (Å²) < 4.78 is 15.6. The van der Waals surface area contributed by atoms with Gasteiger partial charge in [-0.2, -0.15) is 5.10 Å². The van der Waals surface area contributed by atoms with Gasteiger partial charge >= 0.3 is 0 Å². The number of hydrogen-bond donors (Lipinski definition) is 2. The summed E-state index contributed by atoms with van der Waals surface area (Å²) >= 11 is 0. The third-order valence-corrected chi connectivity index (χ3v) is 6.73. The number of amides is 2. The lowest BCUT2D eigenvalue weighted by atomic mass is 10.1. The van der Waals surface area contributed by atoms with Crippen LogP contribution in [0.25, 0.3) is 10.9 Å². The maximum absolute atomic E-state index is 13.7. The molecule has 0 atom stereocenters. The quantitative estimate of drug-likeness (QED) is 0.360. The topological polar surface area (TPSA) is 85.7 Å². The summed E-state index contributed by atoms with van der Waals surface area (Å²) in [6, 6.07) is 8.72. The maximum atomic E-state index is 13.7. The number of carbonyl (C=O) groups is 2. The van der Waals surface area contributed by atoms with Gasteiger partial charge in [0.25, 0.3) is 5.91 Å². The Bertz CT molecular complexity index is 1280. The van der Waals surface area contributed by atoms with Crippen LogP contribution < -0.4 is 15.5 Å². The predicted octanol–water partition coefficient (Wildman–Crippen LogP) is 2.85. The molecule has 0 radical (unpaired) electrons. The van der Waals surface area contributed by atoms with E-state index in [1.165, 1.54) is 12.1 Å². The van der Waals surface area contributed by atoms with Crippen LogP contribution >= 0.6 is 12.4 Å². The Morgan fingerprint density at radius 2 is 1.84 bits per heavy atom. The van der Waals surface area contributed by atoms with Crippen LogP contribution in [0.3, 0.4) is 0 Å². The summed E-state index contributed by atoms with van der Waals surface area (Å²) in [7, 11) is 1.72. The number of hydrazine groups is 1. The number of likely N-dealkylation sites (N-methyl/N-ethyl adjacent to an activating group) is 2. The van der Waals surface area contributed by atoms with Gasteiger partial charge in [0.1, 0.15) is 5.82 Å². The van der Waals surface area contributed by atoms with Gasteiger partial charge in [-0.3, -0.25) is 19.3 Å². The Morgan fingerprint density at radius 1 is 1.08 bits per heavy atom. The third kappa shape index (κ3) is 6.80. The van der Waals surface area contributed by atoms with Crippen LogP contribution in [0.5, 0.6) is 0 Å². The molecule has 2 heterocycles. The number of benzene rings is 2. The fraction of sp³-hybridized carbons (Fsp3) is 0.444. The van der Waals surface area contributed by atoms with Gasteiger partial charge in [0.2, 0.25) is 5.91 Å². The third-order valence-electron chi connectivity index (χ3n) is 6.73. The van der Waals surface area contributed by atoms with Crippen LogP contribution in [0.15, 0.2) is 36.5 Å². The average molecular weight is 546 g/mol. The van der Waals surface area contributed by atoms with E-state index < -0.39 is 0 Å². The zero-order valence-electron chi connectivity index (χ0n) is 22.5. The highest BCUT2D eigenvalue weighted by atomic mass is 35.5. The fourth-order valence-corrected chi connectivity index (χ4v) is 4.62. The van der Waals surface area contributed by atoms with Gasteiger partial charge in [-0.1, -0.05) is 13.0 Å². The fourth-order valence-electron chi connectivity index (χ4n) is 4.62. The second kappa shape index (κ2) is 13.0. The second-order valence-corrected chi connectivity index (χ2v) is 9.39. The standard InChI is InChI=1S/C27H36FN7O2.ClH/c1-5-29-9-10-30-26(36)17-33(25-13-22-14-34(6-2)31-24(22)11-19(25)3)18-27(37)32(4)35-15-20-7-8-23(28)12-21(20)16-35;/h7-8,11-14,29H,5-6,9-10,15-18H2,1-4H3,(H,30,36);1H. The van der Waals surface area contributed by atoms with Crippen molar-refractivity contribution < 1.29 is 14.0 Å². The largest absolute Gasteiger partial charge is 0.353 e. The number of anilines is 1. The molecule has 11 heteroatoms. The van der Waals surface area contributed by atoms with E-state index in [9.17, 15) is 14.0 Å². The van der Waals surface area contributed by atoms with Crippen molar-refractivity contribution in [2.24, 2.45) is 0 Å². The van der Waals surface area contributed by atoms with Crippen molar-refractivity contribution in [2.45, 2.75) is 40.4 Å². The lowest BCUT2D eigenvalue weighted by Gasteiger charge is -2.32. The Labute approximate surface area is 229 Å². The Hall–Kier alpha value is -3.21. The molecule has 2 aromatic carbocycles. The molecule has 0 saturated carbocycles. The summed E-state index contributed by atoms with van der Waals surface area (Å²) in [6.45, 7) is 9.86. The van der Waals surface area contributed by atoms with Crippen LogP contribution in [0, 0.1) is 12.7 Å². The number of aryl methyl sites for hydroxylation is 2. The summed E-state index contributed by atoms with van der Waals surface area (Å²) in [5, 5.41) is 15.1. The molecule has 9 nitrogen and oxygen atoms in total. The highest BCUT2D eigenvalue weighted by molar-refractivity contribution is 5.90. The zero-order valence-corrected chi connectivity index (χ0v) is 23.3. The molecule has 2 amide bonds. The van der Waals surface area contributed by atoms with E-state index in [0.717, 1.165) is 46.4 Å². The van der Waals surface area contributed by atoms with E-state index in [0.29, 0.717) is 26.2 Å². The van der Waals surface area contributed by atoms with Crippen LogP contribution in [-0.2, 0) is 29.2 Å². The van der Waals surface area contributed by atoms with E-state index in [-0.39, 0.29) is 43.1 Å². The minimum absolute atomic E-state index is 0. The molecule has 0 aliphatic carbocycles. The zero-order chi connectivity index (χ0) is 26.5. The number of rotatable bonds is 11. The summed E-state index contributed by atoms with van der Waals surface area (Å²) in [5.74, 6) is -0.586. The second-order valence-electron chi connectivity index (χ2n) is 9.39. The molecule has 1 aliphatic rings. The van der Waals surface area contributed by atoms with Crippen LogP contribution in [-0.4, -0.2) is 71.4 Å². The number of aromatic nitrogens is 2. The molecule has 2 N–H and O–H groups in total. The Morgan fingerprint density at radius 3 is 2.58 bits per heavy atom. The van der Waals surface area contributed by atoms with Gasteiger partial charge in [0, 0.05) is 57.0 Å². The van der Waals surface area contributed by atoms with Gasteiger partial charge in [-0.05, 0) is 61.3 Å². The molecule has 1 aromatic heterocycles. The van der Waals surface area contributed by atoms with Crippen LogP contribution in [0.2, 0.25) is 0 Å². The lowest BCUT2D eigenvalue weighted by Crippen LogP contribution is -2.48. The summed E-state index contributed by atoms with van der Waals surface area (Å²) in [6.07, 6.45) is 1.97. The number of halogens is 2. The first-order valence-electron chi connectivity index (χ1n) is 12.8. The number of hydrogen-bond acceptors (Lipinski definition) is 6. The minimum Gasteiger partial charge on any atom is -0.353 e. The van der Waals surface area contributed by atoms with E-state index in [2.05, 4.69) is 15.7 Å². The normalized spacial score (nSPS) is 12.8. The van der Waals surface area contributed by atoms with Gasteiger partial charge in [-0.15, -0.1) is 12.4 Å². The predicted molar refractivity (Wildman–Crippen MR) is 150 cm³/mol. The van der Waals surface area contributed by atoms with Gasteiger partial charge in [0.05, 0.1) is 18.6 Å². The van der Waals surface area contributed by atoms with Crippen molar-refractivity contribution >= 4 is 40.8 Å². The Kier molecular flexibility index (Phi) is 10.1. The summed E-state index contributed by atoms with van der Waals surface area (Å²) in [4.78, 5) is 28.1. The SMILES string of the molecule is CCNCCNC(=O)CN(CC(=O)N(C)N1Cc2ccc(F)cc2C1)c1cc2cn(CC)nc2cc1C.Cl. The van der Waals surface area contributed by atoms with E-state index >= 15 is 0 Å². The van der Waals surface area contributed by atoms with E-state index in [4.69, 9.17) is 0 Å². The number of nitrogens with one attached hydrogen (secondary N) is 2. The van der Waals surface area contributed by atoms with Crippen molar-refractivity contribution in [1.82, 2.24) is 30.4 Å². The molecule has 38 heavy (non-hydrogen) atoms. The molecule has 4 rings (SSSR count). The molecular weight excluding hydrogens is 509 g/mol. The molecule has 0 saturated heterocycles. The number of nitrogens with zero attached hydrogens (tertiary/aromatic N) is 5. The summed E-state index contributed by atoms with van der Waals surface area (Å²) in [5.41, 5.74) is 4.52. The average Bonchev–Trinajstić information content (AvgIpc) is 3.48. The molecular formula is C27H37ClFN7O2. The Balaban J connectivity index is 0.00000400. The molecule has 0 bridgehead atoms. The van der Waals surface area contributed by atoms with Gasteiger partial charge in [0.15, 0.2) is 0 Å². The van der Waals surface area contributed by atoms with Crippen molar-refractivity contribution in [1.29, 1.82) is 0 Å². The highest BCUT2D eigenvalue weighted by Crippen LogP contribution is 2.28. The van der Waals surface area contributed by atoms with Crippen molar-refractivity contribution in [3.05, 3.63) is 59.0 Å². The monoisotopic (exact) mass is 545 g/mol.